The fraction of sp³-hybridized carbons (Fsp3) is 0.625. The molecule has 0 unspecified atom stereocenters. The number of rotatable bonds is 0. The second-order valence-corrected chi connectivity index (χ2v) is 2.99. The van der Waals surface area contributed by atoms with Crippen LogP contribution in [0.1, 0.15) is 19.3 Å². The lowest BCUT2D eigenvalue weighted by Crippen LogP contribution is -2.03. The van der Waals surface area contributed by atoms with Crippen LogP contribution in [0.15, 0.2) is 11.8 Å². The fourth-order valence-corrected chi connectivity index (χ4v) is 1.91. The van der Waals surface area contributed by atoms with Crippen molar-refractivity contribution in [3.63, 3.8) is 0 Å². The summed E-state index contributed by atoms with van der Waals surface area (Å²) < 4.78 is 0. The molecule has 1 saturated carbocycles. The molecule has 0 N–H and O–H groups in total. The van der Waals surface area contributed by atoms with Gasteiger partial charge < -0.3 is 5.11 Å². The minimum atomic E-state index is 0.268. The first-order valence-electron chi connectivity index (χ1n) is 3.60. The van der Waals surface area contributed by atoms with E-state index < -0.39 is 0 Å². The molecule has 9 heavy (non-hydrogen) atoms. The molecule has 1 fully saturated rings. The predicted molar refractivity (Wildman–Crippen MR) is 33.2 cm³/mol. The Labute approximate surface area is 55.4 Å². The van der Waals surface area contributed by atoms with Crippen LogP contribution >= 0.6 is 0 Å². The van der Waals surface area contributed by atoms with Gasteiger partial charge >= 0.3 is 0 Å². The Kier molecular flexibility index (Phi) is 0.981. The van der Waals surface area contributed by atoms with Gasteiger partial charge in [-0.15, -0.1) is 0 Å². The van der Waals surface area contributed by atoms with Crippen molar-refractivity contribution in [2.45, 2.75) is 19.3 Å². The molecule has 48 valence electrons. The summed E-state index contributed by atoms with van der Waals surface area (Å²) in [7, 11) is 0. The van der Waals surface area contributed by atoms with Crippen LogP contribution in [-0.2, 0) is 0 Å². The average molecular weight is 122 g/mol. The lowest BCUT2D eigenvalue weighted by atomic mass is 10.0. The van der Waals surface area contributed by atoms with E-state index >= 15 is 0 Å². The van der Waals surface area contributed by atoms with Gasteiger partial charge in [0.15, 0.2) is 0 Å². The Bertz CT molecular complexity index is 149. The molecule has 2 aliphatic rings. The molecule has 2 aliphatic carbocycles. The Hall–Kier alpha value is -0.590. The molecule has 0 saturated heterocycles. The van der Waals surface area contributed by atoms with Crippen LogP contribution in [0.25, 0.3) is 0 Å². The Morgan fingerprint density at radius 3 is 3.22 bits per heavy atom. The van der Waals surface area contributed by atoms with Gasteiger partial charge in [0.1, 0.15) is 0 Å². The van der Waals surface area contributed by atoms with Crippen molar-refractivity contribution in [1.29, 1.82) is 0 Å². The fourth-order valence-electron chi connectivity index (χ4n) is 1.91. The smallest absolute Gasteiger partial charge is 0.0664 e. The monoisotopic (exact) mass is 122 g/mol. The summed E-state index contributed by atoms with van der Waals surface area (Å²) in [5.74, 6) is 1.51. The maximum absolute atomic E-state index is 10.7. The van der Waals surface area contributed by atoms with Crippen LogP contribution in [0, 0.1) is 18.3 Å². The summed E-state index contributed by atoms with van der Waals surface area (Å²) >= 11 is 0. The maximum Gasteiger partial charge on any atom is 0.0664 e. The average Bonchev–Trinajstić information content (AvgIpc) is 2.22. The third kappa shape index (κ3) is 0.716. The van der Waals surface area contributed by atoms with Crippen molar-refractivity contribution in [2.24, 2.45) is 11.8 Å². The molecule has 0 bridgehead atoms. The molecule has 1 heteroatoms. The van der Waals surface area contributed by atoms with Crippen molar-refractivity contribution >= 4 is 0 Å². The Morgan fingerprint density at radius 1 is 1.56 bits per heavy atom. The normalized spacial score (nSPS) is 39.8. The van der Waals surface area contributed by atoms with E-state index in [0.717, 1.165) is 0 Å². The summed E-state index contributed by atoms with van der Waals surface area (Å²) in [5.41, 5.74) is 0. The number of fused-ring (bicyclic) bond motifs is 1. The van der Waals surface area contributed by atoms with E-state index in [0.29, 0.717) is 11.8 Å². The molecule has 0 aromatic carbocycles. The first-order valence-corrected chi connectivity index (χ1v) is 3.60. The Morgan fingerprint density at radius 2 is 2.44 bits per heavy atom. The molecule has 0 radical (unpaired) electrons. The van der Waals surface area contributed by atoms with Gasteiger partial charge in [-0.2, -0.15) is 0 Å². The van der Waals surface area contributed by atoms with Crippen LogP contribution in [0.4, 0.5) is 0 Å². The van der Waals surface area contributed by atoms with Gasteiger partial charge in [-0.3, -0.25) is 0 Å². The standard InChI is InChI=1S/C8H10O/c9-8-4-6-2-1-3-7(6)5-8/h4-7H,1-3H2/t6-,7+. The lowest BCUT2D eigenvalue weighted by molar-refractivity contribution is -0.298. The van der Waals surface area contributed by atoms with Crippen LogP contribution in [0.2, 0.25) is 0 Å². The van der Waals surface area contributed by atoms with E-state index in [2.05, 4.69) is 0 Å². The molecular formula is C8H10O. The van der Waals surface area contributed by atoms with Crippen LogP contribution in [-0.4, -0.2) is 0 Å². The van der Waals surface area contributed by atoms with E-state index in [1.165, 1.54) is 19.3 Å². The van der Waals surface area contributed by atoms with Gasteiger partial charge in [0, 0.05) is 12.5 Å². The molecule has 2 rings (SSSR count). The van der Waals surface area contributed by atoms with Gasteiger partial charge in [-0.1, -0.05) is 0 Å². The number of allylic oxidation sites excluding steroid dienone is 2. The second-order valence-electron chi connectivity index (χ2n) is 2.99. The van der Waals surface area contributed by atoms with E-state index in [-0.39, 0.29) is 5.76 Å². The molecule has 0 heterocycles. The summed E-state index contributed by atoms with van der Waals surface area (Å²) in [4.78, 5) is 0. The second kappa shape index (κ2) is 1.69. The van der Waals surface area contributed by atoms with Gasteiger partial charge in [0.25, 0.3) is 0 Å². The van der Waals surface area contributed by atoms with Crippen molar-refractivity contribution in [3.05, 3.63) is 18.3 Å². The Balaban J connectivity index is 2.13. The summed E-state index contributed by atoms with van der Waals surface area (Å²) in [5, 5.41) is 10.7. The summed E-state index contributed by atoms with van der Waals surface area (Å²) in [6.07, 6.45) is 7.57. The summed E-state index contributed by atoms with van der Waals surface area (Å²) in [6.45, 7) is 0. The van der Waals surface area contributed by atoms with Gasteiger partial charge in [0.05, 0.1) is 17.6 Å². The number of hydrogen-bond acceptors (Lipinski definition) is 1. The van der Waals surface area contributed by atoms with Crippen LogP contribution in [0.5, 0.6) is 0 Å². The molecule has 0 spiro atoms. The molecule has 0 aromatic rings. The van der Waals surface area contributed by atoms with Gasteiger partial charge in [-0.25, -0.2) is 0 Å². The van der Waals surface area contributed by atoms with E-state index in [4.69, 9.17) is 0 Å². The van der Waals surface area contributed by atoms with Crippen LogP contribution in [0.3, 0.4) is 0 Å². The van der Waals surface area contributed by atoms with E-state index in [9.17, 15) is 5.11 Å². The van der Waals surface area contributed by atoms with Crippen molar-refractivity contribution < 1.29 is 5.11 Å². The third-order valence-corrected chi connectivity index (χ3v) is 2.38. The molecule has 2 atom stereocenters. The highest BCUT2D eigenvalue weighted by Gasteiger charge is 2.36. The molecule has 0 aliphatic heterocycles. The minimum Gasteiger partial charge on any atom is -0.842 e. The van der Waals surface area contributed by atoms with Gasteiger partial charge in [-0.05, 0) is 19.3 Å². The first-order chi connectivity index (χ1) is 4.36. The lowest BCUT2D eigenvalue weighted by Gasteiger charge is -1.99. The zero-order valence-electron chi connectivity index (χ0n) is 5.34. The maximum atomic E-state index is 10.7. The molecule has 0 amide bonds. The highest BCUT2D eigenvalue weighted by molar-refractivity contribution is 5.18. The highest BCUT2D eigenvalue weighted by atomic mass is 16.3. The third-order valence-electron chi connectivity index (χ3n) is 2.38. The van der Waals surface area contributed by atoms with E-state index in [1.54, 1.807) is 0 Å². The van der Waals surface area contributed by atoms with Crippen molar-refractivity contribution in [3.8, 4) is 0 Å². The SMILES string of the molecule is [O-]C1=C[C@@H]2CCC[C@@H]2[CH+]1. The zero-order chi connectivity index (χ0) is 6.27. The van der Waals surface area contributed by atoms with E-state index in [1.807, 2.05) is 12.5 Å². The predicted octanol–water partition coefficient (Wildman–Crippen LogP) is 0.865. The minimum absolute atomic E-state index is 0.268. The largest absolute Gasteiger partial charge is 0.842 e. The molecule has 1 nitrogen and oxygen atoms in total. The zero-order valence-corrected chi connectivity index (χ0v) is 5.34. The van der Waals surface area contributed by atoms with Crippen molar-refractivity contribution in [1.82, 2.24) is 0 Å². The van der Waals surface area contributed by atoms with Gasteiger partial charge in [0.2, 0.25) is 0 Å². The topological polar surface area (TPSA) is 23.1 Å². The van der Waals surface area contributed by atoms with Crippen molar-refractivity contribution in [2.75, 3.05) is 0 Å². The molecule has 0 aromatic heterocycles. The quantitative estimate of drug-likeness (QED) is 0.437. The summed E-state index contributed by atoms with van der Waals surface area (Å²) in [6, 6.07) is 0. The molecular weight excluding hydrogens is 112 g/mol. The number of hydrogen-bond donors (Lipinski definition) is 0. The highest BCUT2D eigenvalue weighted by Crippen LogP contribution is 2.40. The van der Waals surface area contributed by atoms with Crippen LogP contribution < -0.4 is 5.11 Å². The first kappa shape index (κ1) is 5.21.